The smallest absolute Gasteiger partial charge is 0.257 e. The molecule has 1 aromatic carbocycles. The van der Waals surface area contributed by atoms with Crippen molar-refractivity contribution in [3.05, 3.63) is 30.1 Å². The Kier molecular flexibility index (Phi) is 4.39. The first-order valence-electron chi connectivity index (χ1n) is 8.42. The highest BCUT2D eigenvalue weighted by atomic mass is 16.5. The molecule has 0 spiro atoms. The lowest BCUT2D eigenvalue weighted by atomic mass is 9.99. The maximum Gasteiger partial charge on any atom is 0.257 e. The number of hydrogen-bond donors (Lipinski definition) is 1. The summed E-state index contributed by atoms with van der Waals surface area (Å²) in [6.45, 7) is 5.47. The molecule has 1 aliphatic rings. The predicted octanol–water partition coefficient (Wildman–Crippen LogP) is 3.56. The standard InChI is InChI=1S/C18H26N4O/c1-13(2)12-22(3)15-8-6-14(7-9-15)16-20-17(21-23-16)18(19)10-4-5-11-18/h6-9,13H,4-5,10-12,19H2,1-3H3. The number of benzene rings is 1. The van der Waals surface area contributed by atoms with Crippen molar-refractivity contribution in [1.29, 1.82) is 0 Å². The fraction of sp³-hybridized carbons (Fsp3) is 0.556. The van der Waals surface area contributed by atoms with E-state index < -0.39 is 5.54 Å². The molecular weight excluding hydrogens is 288 g/mol. The van der Waals surface area contributed by atoms with Crippen molar-refractivity contribution in [3.8, 4) is 11.5 Å². The van der Waals surface area contributed by atoms with Crippen LogP contribution in [0.4, 0.5) is 5.69 Å². The molecule has 0 aliphatic heterocycles. The van der Waals surface area contributed by atoms with Crippen LogP contribution in [-0.2, 0) is 5.54 Å². The average Bonchev–Trinajstić information content (AvgIpc) is 3.16. The molecule has 0 radical (unpaired) electrons. The summed E-state index contributed by atoms with van der Waals surface area (Å²) in [5.41, 5.74) is 8.11. The minimum absolute atomic E-state index is 0.404. The van der Waals surface area contributed by atoms with Crippen molar-refractivity contribution in [2.45, 2.75) is 45.1 Å². The van der Waals surface area contributed by atoms with Crippen LogP contribution in [0.3, 0.4) is 0 Å². The highest BCUT2D eigenvalue weighted by Crippen LogP contribution is 2.35. The summed E-state index contributed by atoms with van der Waals surface area (Å²) < 4.78 is 5.44. The van der Waals surface area contributed by atoms with Gasteiger partial charge in [0.1, 0.15) is 0 Å². The van der Waals surface area contributed by atoms with Crippen molar-refractivity contribution < 1.29 is 4.52 Å². The van der Waals surface area contributed by atoms with Crippen LogP contribution in [0.25, 0.3) is 11.5 Å². The monoisotopic (exact) mass is 314 g/mol. The van der Waals surface area contributed by atoms with E-state index in [2.05, 4.69) is 48.1 Å². The van der Waals surface area contributed by atoms with Gasteiger partial charge in [-0.2, -0.15) is 4.98 Å². The van der Waals surface area contributed by atoms with Gasteiger partial charge in [0, 0.05) is 24.8 Å². The molecule has 1 heterocycles. The van der Waals surface area contributed by atoms with E-state index in [1.165, 1.54) is 5.69 Å². The molecule has 0 atom stereocenters. The molecule has 0 saturated heterocycles. The lowest BCUT2D eigenvalue weighted by Crippen LogP contribution is -2.34. The van der Waals surface area contributed by atoms with Crippen molar-refractivity contribution in [1.82, 2.24) is 10.1 Å². The lowest BCUT2D eigenvalue weighted by Gasteiger charge is -2.21. The molecule has 1 fully saturated rings. The Hall–Kier alpha value is -1.88. The van der Waals surface area contributed by atoms with Crippen LogP contribution in [0.2, 0.25) is 0 Å². The topological polar surface area (TPSA) is 68.2 Å². The zero-order chi connectivity index (χ0) is 16.4. The van der Waals surface area contributed by atoms with Crippen LogP contribution in [0.5, 0.6) is 0 Å². The third-order valence-corrected chi connectivity index (χ3v) is 4.56. The quantitative estimate of drug-likeness (QED) is 0.914. The average molecular weight is 314 g/mol. The molecule has 1 aliphatic carbocycles. The molecule has 23 heavy (non-hydrogen) atoms. The molecule has 2 N–H and O–H groups in total. The summed E-state index contributed by atoms with van der Waals surface area (Å²) in [6, 6.07) is 8.24. The zero-order valence-electron chi connectivity index (χ0n) is 14.2. The van der Waals surface area contributed by atoms with Crippen molar-refractivity contribution in [2.24, 2.45) is 11.7 Å². The molecule has 124 valence electrons. The van der Waals surface area contributed by atoms with E-state index >= 15 is 0 Å². The molecule has 1 aromatic heterocycles. The maximum atomic E-state index is 6.39. The predicted molar refractivity (Wildman–Crippen MR) is 92.2 cm³/mol. The molecule has 0 unspecified atom stereocenters. The van der Waals surface area contributed by atoms with Gasteiger partial charge < -0.3 is 15.2 Å². The van der Waals surface area contributed by atoms with Crippen molar-refractivity contribution in [2.75, 3.05) is 18.5 Å². The highest BCUT2D eigenvalue weighted by Gasteiger charge is 2.36. The van der Waals surface area contributed by atoms with E-state index in [-0.39, 0.29) is 0 Å². The summed E-state index contributed by atoms with van der Waals surface area (Å²) in [6.07, 6.45) is 4.14. The van der Waals surface area contributed by atoms with E-state index in [9.17, 15) is 0 Å². The van der Waals surface area contributed by atoms with Gasteiger partial charge in [-0.1, -0.05) is 31.8 Å². The highest BCUT2D eigenvalue weighted by molar-refractivity contribution is 5.59. The summed E-state index contributed by atoms with van der Waals surface area (Å²) in [7, 11) is 2.11. The zero-order valence-corrected chi connectivity index (χ0v) is 14.2. The molecule has 1 saturated carbocycles. The normalized spacial score (nSPS) is 16.9. The van der Waals surface area contributed by atoms with Crippen molar-refractivity contribution in [3.63, 3.8) is 0 Å². The van der Waals surface area contributed by atoms with Gasteiger partial charge in [0.25, 0.3) is 5.89 Å². The van der Waals surface area contributed by atoms with Gasteiger partial charge in [0.15, 0.2) is 5.82 Å². The van der Waals surface area contributed by atoms with Gasteiger partial charge in [-0.05, 0) is 43.0 Å². The van der Waals surface area contributed by atoms with Crippen molar-refractivity contribution >= 4 is 5.69 Å². The third kappa shape index (κ3) is 3.39. The first kappa shape index (κ1) is 16.0. The summed E-state index contributed by atoms with van der Waals surface area (Å²) in [5, 5.41) is 4.12. The third-order valence-electron chi connectivity index (χ3n) is 4.56. The summed E-state index contributed by atoms with van der Waals surface area (Å²) in [4.78, 5) is 6.79. The fourth-order valence-electron chi connectivity index (χ4n) is 3.28. The Labute approximate surface area is 137 Å². The number of aromatic nitrogens is 2. The van der Waals surface area contributed by atoms with E-state index in [0.717, 1.165) is 37.8 Å². The van der Waals surface area contributed by atoms with E-state index in [4.69, 9.17) is 10.3 Å². The van der Waals surface area contributed by atoms with Gasteiger partial charge in [-0.15, -0.1) is 0 Å². The van der Waals surface area contributed by atoms with E-state index in [0.29, 0.717) is 17.6 Å². The largest absolute Gasteiger partial charge is 0.374 e. The van der Waals surface area contributed by atoms with Crippen LogP contribution in [0.1, 0.15) is 45.4 Å². The SMILES string of the molecule is CC(C)CN(C)c1ccc(-c2nc(C3(N)CCCC3)no2)cc1. The Balaban J connectivity index is 1.76. The van der Waals surface area contributed by atoms with Crippen LogP contribution in [-0.4, -0.2) is 23.7 Å². The minimum atomic E-state index is -0.404. The second kappa shape index (κ2) is 6.32. The van der Waals surface area contributed by atoms with Crippen LogP contribution < -0.4 is 10.6 Å². The number of hydrogen-bond acceptors (Lipinski definition) is 5. The minimum Gasteiger partial charge on any atom is -0.374 e. The molecule has 0 amide bonds. The van der Waals surface area contributed by atoms with Crippen LogP contribution in [0, 0.1) is 5.92 Å². The molecule has 5 heteroatoms. The molecule has 3 rings (SSSR count). The van der Waals surface area contributed by atoms with Gasteiger partial charge in [0.2, 0.25) is 0 Å². The molecule has 0 bridgehead atoms. The Morgan fingerprint density at radius 3 is 2.48 bits per heavy atom. The fourth-order valence-corrected chi connectivity index (χ4v) is 3.28. The van der Waals surface area contributed by atoms with E-state index in [1.54, 1.807) is 0 Å². The van der Waals surface area contributed by atoms with Crippen LogP contribution >= 0.6 is 0 Å². The van der Waals surface area contributed by atoms with Gasteiger partial charge >= 0.3 is 0 Å². The number of anilines is 1. The molecule has 2 aromatic rings. The number of rotatable bonds is 5. The first-order valence-corrected chi connectivity index (χ1v) is 8.42. The van der Waals surface area contributed by atoms with Gasteiger partial charge in [0.05, 0.1) is 5.54 Å². The lowest BCUT2D eigenvalue weighted by molar-refractivity contribution is 0.372. The first-order chi connectivity index (χ1) is 11.0. The molecular formula is C18H26N4O. The Morgan fingerprint density at radius 1 is 1.22 bits per heavy atom. The summed E-state index contributed by atoms with van der Waals surface area (Å²) in [5.74, 6) is 1.83. The van der Waals surface area contributed by atoms with Crippen LogP contribution in [0.15, 0.2) is 28.8 Å². The second-order valence-electron chi connectivity index (χ2n) is 7.11. The van der Waals surface area contributed by atoms with Gasteiger partial charge in [-0.3, -0.25) is 0 Å². The summed E-state index contributed by atoms with van der Waals surface area (Å²) >= 11 is 0. The number of nitrogens with two attached hydrogens (primary N) is 1. The Morgan fingerprint density at radius 2 is 1.87 bits per heavy atom. The number of nitrogens with zero attached hydrogens (tertiary/aromatic N) is 3. The molecule has 5 nitrogen and oxygen atoms in total. The van der Waals surface area contributed by atoms with Gasteiger partial charge in [-0.25, -0.2) is 0 Å². The second-order valence-corrected chi connectivity index (χ2v) is 7.11. The maximum absolute atomic E-state index is 6.39. The van der Waals surface area contributed by atoms with E-state index in [1.807, 2.05) is 12.1 Å². The Bertz CT molecular complexity index is 641.